The molecule has 0 radical (unpaired) electrons. The van der Waals surface area contributed by atoms with E-state index in [0.29, 0.717) is 12.5 Å². The Morgan fingerprint density at radius 2 is 2.05 bits per heavy atom. The highest BCUT2D eigenvalue weighted by atomic mass is 16.3. The predicted molar refractivity (Wildman–Crippen MR) is 72.3 cm³/mol. The molecule has 0 aromatic heterocycles. The zero-order chi connectivity index (χ0) is 13.8. The van der Waals surface area contributed by atoms with E-state index in [1.165, 1.54) is 12.1 Å². The summed E-state index contributed by atoms with van der Waals surface area (Å²) in [5, 5.41) is 21.8. The van der Waals surface area contributed by atoms with E-state index in [9.17, 15) is 15.0 Å². The zero-order valence-electron chi connectivity index (χ0n) is 11.1. The van der Waals surface area contributed by atoms with Gasteiger partial charge >= 0.3 is 0 Å². The van der Waals surface area contributed by atoms with Crippen LogP contribution in [0.3, 0.4) is 0 Å². The van der Waals surface area contributed by atoms with Crippen LogP contribution in [0.1, 0.15) is 23.2 Å². The van der Waals surface area contributed by atoms with Crippen molar-refractivity contribution in [2.45, 2.75) is 12.8 Å². The van der Waals surface area contributed by atoms with E-state index in [0.717, 1.165) is 25.9 Å². The largest absolute Gasteiger partial charge is 0.504 e. The molecule has 0 bridgehead atoms. The number of carbonyl (C=O) groups is 1. The monoisotopic (exact) mass is 264 g/mol. The Kier molecular flexibility index (Phi) is 4.27. The molecular formula is C14H20N2O3. The van der Waals surface area contributed by atoms with Crippen LogP contribution in [-0.2, 0) is 0 Å². The van der Waals surface area contributed by atoms with Crippen LogP contribution in [0.15, 0.2) is 18.2 Å². The van der Waals surface area contributed by atoms with E-state index in [1.54, 1.807) is 6.07 Å². The highest BCUT2D eigenvalue weighted by Gasteiger charge is 2.19. The van der Waals surface area contributed by atoms with E-state index >= 15 is 0 Å². The number of hydrogen-bond donors (Lipinski definition) is 3. The summed E-state index contributed by atoms with van der Waals surface area (Å²) in [5.74, 6) is -0.484. The fourth-order valence-electron chi connectivity index (χ4n) is 2.31. The number of amides is 1. The quantitative estimate of drug-likeness (QED) is 0.717. The highest BCUT2D eigenvalue weighted by molar-refractivity contribution is 5.97. The lowest BCUT2D eigenvalue weighted by atomic mass is 9.97. The number of benzene rings is 1. The van der Waals surface area contributed by atoms with Crippen LogP contribution in [0.25, 0.3) is 0 Å². The van der Waals surface area contributed by atoms with Gasteiger partial charge in [0, 0.05) is 6.54 Å². The molecule has 1 amide bonds. The molecule has 1 aliphatic heterocycles. The molecule has 0 spiro atoms. The molecule has 19 heavy (non-hydrogen) atoms. The van der Waals surface area contributed by atoms with E-state index < -0.39 is 0 Å². The van der Waals surface area contributed by atoms with Crippen molar-refractivity contribution in [3.8, 4) is 11.5 Å². The maximum absolute atomic E-state index is 11.9. The van der Waals surface area contributed by atoms with Crippen LogP contribution < -0.4 is 5.32 Å². The van der Waals surface area contributed by atoms with Crippen LogP contribution in [-0.4, -0.2) is 47.7 Å². The van der Waals surface area contributed by atoms with Crippen LogP contribution >= 0.6 is 0 Å². The first-order valence-corrected chi connectivity index (χ1v) is 6.55. The van der Waals surface area contributed by atoms with Crippen molar-refractivity contribution < 1.29 is 15.0 Å². The average molecular weight is 264 g/mol. The number of likely N-dealkylation sites (tertiary alicyclic amines) is 1. The minimum Gasteiger partial charge on any atom is -0.504 e. The number of para-hydroxylation sites is 1. The molecule has 0 unspecified atom stereocenters. The molecule has 1 aliphatic rings. The lowest BCUT2D eigenvalue weighted by molar-refractivity contribution is 0.0935. The van der Waals surface area contributed by atoms with Gasteiger partial charge in [0.05, 0.1) is 5.56 Å². The number of phenolic OH excluding ortho intramolecular Hbond substituents is 2. The minimum absolute atomic E-state index is 0.118. The third kappa shape index (κ3) is 3.38. The summed E-state index contributed by atoms with van der Waals surface area (Å²) in [4.78, 5) is 14.2. The van der Waals surface area contributed by atoms with Crippen molar-refractivity contribution >= 4 is 5.91 Å². The summed E-state index contributed by atoms with van der Waals surface area (Å²) < 4.78 is 0. The summed E-state index contributed by atoms with van der Waals surface area (Å²) >= 11 is 0. The van der Waals surface area contributed by atoms with Crippen molar-refractivity contribution in [2.24, 2.45) is 5.92 Å². The van der Waals surface area contributed by atoms with E-state index in [-0.39, 0.29) is 23.0 Å². The summed E-state index contributed by atoms with van der Waals surface area (Å²) in [6.45, 7) is 2.72. The number of piperidine rings is 1. The number of rotatable bonds is 3. The van der Waals surface area contributed by atoms with Crippen molar-refractivity contribution in [3.05, 3.63) is 23.8 Å². The molecule has 0 atom stereocenters. The number of hydrogen-bond acceptors (Lipinski definition) is 4. The number of nitrogens with zero attached hydrogens (tertiary/aromatic N) is 1. The Morgan fingerprint density at radius 1 is 1.37 bits per heavy atom. The normalized spacial score (nSPS) is 17.3. The fourth-order valence-corrected chi connectivity index (χ4v) is 2.31. The first kappa shape index (κ1) is 13.7. The van der Waals surface area contributed by atoms with Gasteiger partial charge in [0.2, 0.25) is 0 Å². The van der Waals surface area contributed by atoms with Crippen LogP contribution in [0.2, 0.25) is 0 Å². The summed E-state index contributed by atoms with van der Waals surface area (Å²) in [5.41, 5.74) is 0.118. The van der Waals surface area contributed by atoms with Gasteiger partial charge in [-0.05, 0) is 51.0 Å². The van der Waals surface area contributed by atoms with Crippen LogP contribution in [0, 0.1) is 5.92 Å². The van der Waals surface area contributed by atoms with Gasteiger partial charge in [-0.1, -0.05) is 6.07 Å². The van der Waals surface area contributed by atoms with Gasteiger partial charge < -0.3 is 20.4 Å². The third-order valence-corrected chi connectivity index (χ3v) is 3.65. The molecule has 1 saturated heterocycles. The smallest absolute Gasteiger partial charge is 0.255 e. The molecule has 2 rings (SSSR count). The molecule has 1 fully saturated rings. The molecule has 3 N–H and O–H groups in total. The van der Waals surface area contributed by atoms with E-state index in [2.05, 4.69) is 17.3 Å². The van der Waals surface area contributed by atoms with E-state index in [4.69, 9.17) is 0 Å². The number of phenols is 2. The summed E-state index contributed by atoms with van der Waals surface area (Å²) in [6.07, 6.45) is 2.14. The van der Waals surface area contributed by atoms with Crippen molar-refractivity contribution in [2.75, 3.05) is 26.7 Å². The molecule has 0 aliphatic carbocycles. The van der Waals surface area contributed by atoms with Gasteiger partial charge in [0.1, 0.15) is 0 Å². The van der Waals surface area contributed by atoms with Crippen molar-refractivity contribution in [1.82, 2.24) is 10.2 Å². The third-order valence-electron chi connectivity index (χ3n) is 3.65. The second kappa shape index (κ2) is 5.93. The molecule has 0 saturated carbocycles. The lowest BCUT2D eigenvalue weighted by Crippen LogP contribution is -2.36. The van der Waals surface area contributed by atoms with Gasteiger partial charge in [-0.3, -0.25) is 4.79 Å². The first-order chi connectivity index (χ1) is 9.08. The Labute approximate surface area is 112 Å². The van der Waals surface area contributed by atoms with Crippen LogP contribution in [0.4, 0.5) is 0 Å². The predicted octanol–water partition coefficient (Wildman–Crippen LogP) is 1.17. The topological polar surface area (TPSA) is 72.8 Å². The Hall–Kier alpha value is -1.75. The summed E-state index contributed by atoms with van der Waals surface area (Å²) in [7, 11) is 2.10. The van der Waals surface area contributed by atoms with E-state index in [1.807, 2.05) is 0 Å². The van der Waals surface area contributed by atoms with Crippen molar-refractivity contribution in [1.29, 1.82) is 0 Å². The SMILES string of the molecule is CN1CCC(CNC(=O)c2cccc(O)c2O)CC1. The van der Waals surface area contributed by atoms with Gasteiger partial charge in [0.15, 0.2) is 11.5 Å². The standard InChI is InChI=1S/C14H20N2O3/c1-16-7-5-10(6-8-16)9-15-14(19)11-3-2-4-12(17)13(11)18/h2-4,10,17-18H,5-9H2,1H3,(H,15,19). The van der Waals surface area contributed by atoms with Gasteiger partial charge in [0.25, 0.3) is 5.91 Å². The number of aromatic hydroxyl groups is 2. The maximum Gasteiger partial charge on any atom is 0.255 e. The molecule has 1 aromatic carbocycles. The molecule has 1 aromatic rings. The molecular weight excluding hydrogens is 244 g/mol. The molecule has 1 heterocycles. The zero-order valence-corrected chi connectivity index (χ0v) is 11.1. The Bertz CT molecular complexity index is 454. The second-order valence-corrected chi connectivity index (χ2v) is 5.13. The van der Waals surface area contributed by atoms with Gasteiger partial charge in [-0.2, -0.15) is 0 Å². The van der Waals surface area contributed by atoms with Crippen LogP contribution in [0.5, 0.6) is 11.5 Å². The van der Waals surface area contributed by atoms with Gasteiger partial charge in [-0.15, -0.1) is 0 Å². The molecule has 5 heteroatoms. The maximum atomic E-state index is 11.9. The van der Waals surface area contributed by atoms with Gasteiger partial charge in [-0.25, -0.2) is 0 Å². The highest BCUT2D eigenvalue weighted by Crippen LogP contribution is 2.28. The minimum atomic E-state index is -0.358. The Balaban J connectivity index is 1.89. The summed E-state index contributed by atoms with van der Waals surface area (Å²) in [6, 6.07) is 4.39. The average Bonchev–Trinajstić information content (AvgIpc) is 2.41. The molecule has 104 valence electrons. The Morgan fingerprint density at radius 3 is 2.74 bits per heavy atom. The number of carbonyl (C=O) groups excluding carboxylic acids is 1. The van der Waals surface area contributed by atoms with Crippen molar-refractivity contribution in [3.63, 3.8) is 0 Å². The molecule has 5 nitrogen and oxygen atoms in total. The second-order valence-electron chi connectivity index (χ2n) is 5.13. The fraction of sp³-hybridized carbons (Fsp3) is 0.500. The lowest BCUT2D eigenvalue weighted by Gasteiger charge is -2.28. The number of nitrogens with one attached hydrogen (secondary N) is 1. The first-order valence-electron chi connectivity index (χ1n) is 6.55.